The number of thiophene rings is 1. The van der Waals surface area contributed by atoms with Gasteiger partial charge in [0.25, 0.3) is 0 Å². The maximum absolute atomic E-state index is 12.5. The van der Waals surface area contributed by atoms with Crippen LogP contribution in [-0.4, -0.2) is 34.7 Å². The molecule has 0 aliphatic carbocycles. The SMILES string of the molecule is CCNCC1(C)Cc2cc(S(N)(=O)=O)sc2S1(=O)=O. The van der Waals surface area contributed by atoms with Crippen molar-refractivity contribution in [3.05, 3.63) is 11.6 Å². The van der Waals surface area contributed by atoms with Gasteiger partial charge in [0, 0.05) is 6.54 Å². The molecule has 0 saturated heterocycles. The van der Waals surface area contributed by atoms with Crippen molar-refractivity contribution in [1.29, 1.82) is 0 Å². The highest BCUT2D eigenvalue weighted by molar-refractivity contribution is 7.96. The summed E-state index contributed by atoms with van der Waals surface area (Å²) in [5.41, 5.74) is 0.550. The summed E-state index contributed by atoms with van der Waals surface area (Å²) in [6.45, 7) is 4.60. The topological polar surface area (TPSA) is 106 Å². The Morgan fingerprint density at radius 2 is 2.16 bits per heavy atom. The second-order valence-electron chi connectivity index (χ2n) is 4.83. The molecule has 1 aliphatic rings. The number of nitrogens with one attached hydrogen (secondary N) is 1. The molecule has 3 N–H and O–H groups in total. The standard InChI is InChI=1S/C10H16N2O4S3/c1-3-12-6-10(2)5-7-4-8(19(11,15)16)17-9(7)18(10,13)14/h4,12H,3,5-6H2,1-2H3,(H2,11,15,16). The summed E-state index contributed by atoms with van der Waals surface area (Å²) >= 11 is 0.743. The van der Waals surface area contributed by atoms with Crippen molar-refractivity contribution in [3.8, 4) is 0 Å². The lowest BCUT2D eigenvalue weighted by atomic mass is 10.0. The number of hydrogen-bond donors (Lipinski definition) is 2. The Kier molecular flexibility index (Phi) is 3.55. The van der Waals surface area contributed by atoms with E-state index in [0.717, 1.165) is 11.3 Å². The summed E-state index contributed by atoms with van der Waals surface area (Å²) in [5.74, 6) is 0. The maximum atomic E-state index is 12.5. The van der Waals surface area contributed by atoms with Gasteiger partial charge in [0.1, 0.15) is 8.42 Å². The lowest BCUT2D eigenvalue weighted by molar-refractivity contribution is 0.513. The monoisotopic (exact) mass is 324 g/mol. The molecule has 0 fully saturated rings. The van der Waals surface area contributed by atoms with Crippen molar-refractivity contribution in [1.82, 2.24) is 5.32 Å². The van der Waals surface area contributed by atoms with E-state index in [0.29, 0.717) is 25.1 Å². The summed E-state index contributed by atoms with van der Waals surface area (Å²) in [5, 5.41) is 8.07. The second-order valence-corrected chi connectivity index (χ2v) is 10.3. The van der Waals surface area contributed by atoms with Crippen LogP contribution in [0, 0.1) is 0 Å². The minimum absolute atomic E-state index is 0.0911. The van der Waals surface area contributed by atoms with Crippen LogP contribution in [0.15, 0.2) is 14.5 Å². The van der Waals surface area contributed by atoms with Crippen LogP contribution in [0.1, 0.15) is 19.4 Å². The molecule has 1 aromatic heterocycles. The van der Waals surface area contributed by atoms with Gasteiger partial charge in [-0.05, 0) is 31.5 Å². The lowest BCUT2D eigenvalue weighted by Crippen LogP contribution is -2.43. The van der Waals surface area contributed by atoms with Crippen molar-refractivity contribution in [3.63, 3.8) is 0 Å². The molecule has 0 radical (unpaired) electrons. The van der Waals surface area contributed by atoms with Crippen LogP contribution < -0.4 is 10.5 Å². The first kappa shape index (κ1) is 14.9. The molecule has 1 aliphatic heterocycles. The third-order valence-corrected chi connectivity index (χ3v) is 8.87. The fraction of sp³-hybridized carbons (Fsp3) is 0.600. The first-order chi connectivity index (χ1) is 8.62. The molecule has 0 aromatic carbocycles. The summed E-state index contributed by atoms with van der Waals surface area (Å²) in [4.78, 5) is 0. The van der Waals surface area contributed by atoms with E-state index in [9.17, 15) is 16.8 Å². The van der Waals surface area contributed by atoms with Gasteiger partial charge in [0.05, 0.1) is 4.75 Å². The summed E-state index contributed by atoms with van der Waals surface area (Å²) in [7, 11) is -7.37. The minimum atomic E-state index is -3.85. The summed E-state index contributed by atoms with van der Waals surface area (Å²) in [6.07, 6.45) is 0.309. The zero-order valence-electron chi connectivity index (χ0n) is 10.6. The molecule has 0 bridgehead atoms. The molecule has 108 valence electrons. The van der Waals surface area contributed by atoms with E-state index in [2.05, 4.69) is 5.32 Å². The second kappa shape index (κ2) is 4.52. The molecule has 0 amide bonds. The van der Waals surface area contributed by atoms with Crippen LogP contribution in [0.4, 0.5) is 0 Å². The van der Waals surface area contributed by atoms with Crippen LogP contribution in [-0.2, 0) is 26.3 Å². The van der Waals surface area contributed by atoms with E-state index in [1.54, 1.807) is 6.92 Å². The quantitative estimate of drug-likeness (QED) is 0.816. The summed E-state index contributed by atoms with van der Waals surface area (Å²) in [6, 6.07) is 1.38. The average Bonchev–Trinajstić information content (AvgIpc) is 2.76. The van der Waals surface area contributed by atoms with E-state index in [1.807, 2.05) is 6.92 Å². The van der Waals surface area contributed by atoms with Gasteiger partial charge in [0.2, 0.25) is 10.0 Å². The van der Waals surface area contributed by atoms with Gasteiger partial charge < -0.3 is 5.32 Å². The van der Waals surface area contributed by atoms with Crippen molar-refractivity contribution < 1.29 is 16.8 Å². The molecule has 1 aromatic rings. The Bertz CT molecular complexity index is 705. The predicted molar refractivity (Wildman–Crippen MR) is 73.5 cm³/mol. The van der Waals surface area contributed by atoms with Crippen LogP contribution in [0.5, 0.6) is 0 Å². The zero-order valence-corrected chi connectivity index (χ0v) is 13.1. The molecule has 6 nitrogen and oxygen atoms in total. The fourth-order valence-electron chi connectivity index (χ4n) is 2.15. The number of nitrogens with two attached hydrogens (primary N) is 1. The molecular formula is C10H16N2O4S3. The van der Waals surface area contributed by atoms with E-state index >= 15 is 0 Å². The van der Waals surface area contributed by atoms with Gasteiger partial charge in [-0.15, -0.1) is 11.3 Å². The number of sulfonamides is 1. The molecule has 0 spiro atoms. The normalized spacial score (nSPS) is 25.4. The van der Waals surface area contributed by atoms with Gasteiger partial charge in [-0.3, -0.25) is 0 Å². The van der Waals surface area contributed by atoms with Crippen LogP contribution in [0.3, 0.4) is 0 Å². The number of rotatable bonds is 4. The third-order valence-electron chi connectivity index (χ3n) is 3.23. The first-order valence-electron chi connectivity index (χ1n) is 5.73. The first-order valence-corrected chi connectivity index (χ1v) is 9.57. The maximum Gasteiger partial charge on any atom is 0.247 e. The Morgan fingerprint density at radius 1 is 1.53 bits per heavy atom. The molecule has 2 heterocycles. The largest absolute Gasteiger partial charge is 0.315 e. The van der Waals surface area contributed by atoms with Crippen molar-refractivity contribution in [2.45, 2.75) is 33.4 Å². The number of primary sulfonamides is 1. The van der Waals surface area contributed by atoms with Gasteiger partial charge in [-0.1, -0.05) is 6.92 Å². The fourth-order valence-corrected chi connectivity index (χ4v) is 6.85. The number of fused-ring (bicyclic) bond motifs is 1. The number of sulfone groups is 1. The van der Waals surface area contributed by atoms with Crippen molar-refractivity contribution >= 4 is 31.2 Å². The number of hydrogen-bond acceptors (Lipinski definition) is 6. The van der Waals surface area contributed by atoms with Crippen molar-refractivity contribution in [2.24, 2.45) is 5.14 Å². The van der Waals surface area contributed by atoms with Crippen LogP contribution >= 0.6 is 11.3 Å². The lowest BCUT2D eigenvalue weighted by Gasteiger charge is -2.23. The van der Waals surface area contributed by atoms with Crippen molar-refractivity contribution in [2.75, 3.05) is 13.1 Å². The third kappa shape index (κ3) is 2.33. The van der Waals surface area contributed by atoms with Gasteiger partial charge in [-0.2, -0.15) is 0 Å². The highest BCUT2D eigenvalue weighted by Crippen LogP contribution is 2.44. The molecular weight excluding hydrogens is 308 g/mol. The Balaban J connectivity index is 2.47. The van der Waals surface area contributed by atoms with E-state index in [4.69, 9.17) is 5.14 Å². The zero-order chi connectivity index (χ0) is 14.5. The van der Waals surface area contributed by atoms with E-state index in [1.165, 1.54) is 6.07 Å². The Morgan fingerprint density at radius 3 is 2.63 bits per heavy atom. The van der Waals surface area contributed by atoms with Crippen LogP contribution in [0.2, 0.25) is 0 Å². The molecule has 9 heteroatoms. The van der Waals surface area contributed by atoms with E-state index in [-0.39, 0.29) is 8.42 Å². The predicted octanol–water partition coefficient (Wildman–Crippen LogP) is 0.0935. The minimum Gasteiger partial charge on any atom is -0.315 e. The average molecular weight is 324 g/mol. The highest BCUT2D eigenvalue weighted by Gasteiger charge is 2.49. The smallest absolute Gasteiger partial charge is 0.247 e. The Labute approximate surface area is 117 Å². The van der Waals surface area contributed by atoms with Gasteiger partial charge >= 0.3 is 0 Å². The van der Waals surface area contributed by atoms with Gasteiger partial charge in [-0.25, -0.2) is 22.0 Å². The molecule has 1 atom stereocenters. The Hall–Kier alpha value is -0.480. The molecule has 1 unspecified atom stereocenters. The molecule has 2 rings (SSSR count). The van der Waals surface area contributed by atoms with Crippen LogP contribution in [0.25, 0.3) is 0 Å². The summed E-state index contributed by atoms with van der Waals surface area (Å²) < 4.78 is 46.6. The van der Waals surface area contributed by atoms with Gasteiger partial charge in [0.15, 0.2) is 9.84 Å². The molecule has 19 heavy (non-hydrogen) atoms. The molecule has 0 saturated carbocycles. The van der Waals surface area contributed by atoms with E-state index < -0.39 is 24.6 Å². The highest BCUT2D eigenvalue weighted by atomic mass is 32.3.